The third-order valence-electron chi connectivity index (χ3n) is 2.04. The van der Waals surface area contributed by atoms with E-state index < -0.39 is 0 Å². The third-order valence-corrected chi connectivity index (χ3v) is 3.56. The third kappa shape index (κ3) is 4.55. The van der Waals surface area contributed by atoms with Gasteiger partial charge in [0.2, 0.25) is 5.91 Å². The van der Waals surface area contributed by atoms with Gasteiger partial charge >= 0.3 is 0 Å². The smallest absolute Gasteiger partial charge is 0.232 e. The molecule has 0 heterocycles. The molecule has 3 nitrogen and oxygen atoms in total. The zero-order valence-electron chi connectivity index (χ0n) is 9.02. The fourth-order valence-electron chi connectivity index (χ4n) is 1.06. The summed E-state index contributed by atoms with van der Waals surface area (Å²) in [4.78, 5) is 14.2. The zero-order chi connectivity index (χ0) is 12.0. The van der Waals surface area contributed by atoms with Crippen LogP contribution in [0, 0.1) is 0 Å². The average molecular weight is 304 g/mol. The number of carbonyl (C=O) groups excluding carboxylic acids is 1. The number of hydrogen-bond acceptors (Lipinski definition) is 3. The van der Waals surface area contributed by atoms with Gasteiger partial charge in [-0.05, 0) is 24.3 Å². The van der Waals surface area contributed by atoms with E-state index in [4.69, 9.17) is 5.11 Å². The summed E-state index contributed by atoms with van der Waals surface area (Å²) in [6.07, 6.45) is 0. The molecule has 0 aliphatic heterocycles. The number of carbonyl (C=O) groups is 1. The summed E-state index contributed by atoms with van der Waals surface area (Å²) in [7, 11) is 1.70. The molecule has 0 spiro atoms. The molecule has 0 saturated carbocycles. The number of aliphatic hydroxyl groups excluding tert-OH is 1. The van der Waals surface area contributed by atoms with E-state index in [2.05, 4.69) is 15.9 Å². The van der Waals surface area contributed by atoms with Crippen molar-refractivity contribution in [2.24, 2.45) is 0 Å². The summed E-state index contributed by atoms with van der Waals surface area (Å²) in [5.74, 6) is 0.431. The van der Waals surface area contributed by atoms with E-state index in [1.54, 1.807) is 7.05 Å². The Morgan fingerprint density at radius 3 is 2.62 bits per heavy atom. The van der Waals surface area contributed by atoms with Crippen molar-refractivity contribution in [1.82, 2.24) is 4.90 Å². The molecule has 88 valence electrons. The lowest BCUT2D eigenvalue weighted by molar-refractivity contribution is -0.127. The molecule has 5 heteroatoms. The Morgan fingerprint density at radius 1 is 1.44 bits per heavy atom. The van der Waals surface area contributed by atoms with Gasteiger partial charge in [0.15, 0.2) is 0 Å². The maximum absolute atomic E-state index is 11.6. The maximum atomic E-state index is 11.6. The van der Waals surface area contributed by atoms with E-state index in [-0.39, 0.29) is 12.5 Å². The summed E-state index contributed by atoms with van der Waals surface area (Å²) in [5.41, 5.74) is 0. The summed E-state index contributed by atoms with van der Waals surface area (Å²) in [6.45, 7) is 0.394. The van der Waals surface area contributed by atoms with Gasteiger partial charge in [0, 0.05) is 23.0 Å². The van der Waals surface area contributed by atoms with E-state index in [0.29, 0.717) is 12.3 Å². The van der Waals surface area contributed by atoms with Crippen LogP contribution in [0.3, 0.4) is 0 Å². The predicted octanol–water partition coefficient (Wildman–Crippen LogP) is 1.99. The molecule has 0 aliphatic rings. The highest BCUT2D eigenvalue weighted by Gasteiger charge is 2.08. The highest BCUT2D eigenvalue weighted by Crippen LogP contribution is 2.20. The Hall–Kier alpha value is -0.520. The first-order valence-electron chi connectivity index (χ1n) is 4.86. The number of likely N-dealkylation sites (N-methyl/N-ethyl adjacent to an activating group) is 1. The Balaban J connectivity index is 2.39. The molecule has 16 heavy (non-hydrogen) atoms. The minimum absolute atomic E-state index is 0.00515. The van der Waals surface area contributed by atoms with Crippen molar-refractivity contribution in [1.29, 1.82) is 0 Å². The van der Waals surface area contributed by atoms with Crippen molar-refractivity contribution in [2.45, 2.75) is 4.90 Å². The molecule has 0 saturated heterocycles. The predicted molar refractivity (Wildman–Crippen MR) is 69.6 cm³/mol. The lowest BCUT2D eigenvalue weighted by Crippen LogP contribution is -2.30. The van der Waals surface area contributed by atoms with Crippen LogP contribution in [0.25, 0.3) is 0 Å². The summed E-state index contributed by atoms with van der Waals surface area (Å²) >= 11 is 4.85. The van der Waals surface area contributed by atoms with Crippen molar-refractivity contribution >= 4 is 33.6 Å². The molecule has 1 aromatic carbocycles. The molecule has 0 radical (unpaired) electrons. The maximum Gasteiger partial charge on any atom is 0.232 e. The molecular weight excluding hydrogens is 290 g/mol. The first-order chi connectivity index (χ1) is 7.63. The Bertz CT molecular complexity index is 342. The molecule has 0 aliphatic carbocycles. The van der Waals surface area contributed by atoms with Crippen LogP contribution in [-0.4, -0.2) is 41.9 Å². The molecule has 1 amide bonds. The lowest BCUT2D eigenvalue weighted by Gasteiger charge is -2.15. The van der Waals surface area contributed by atoms with Gasteiger partial charge in [-0.1, -0.05) is 15.9 Å². The molecule has 0 atom stereocenters. The molecule has 1 aromatic rings. The molecule has 0 unspecified atom stereocenters. The van der Waals surface area contributed by atoms with E-state index in [1.807, 2.05) is 24.3 Å². The summed E-state index contributed by atoms with van der Waals surface area (Å²) in [5, 5.41) is 8.70. The van der Waals surface area contributed by atoms with Crippen LogP contribution < -0.4 is 0 Å². The van der Waals surface area contributed by atoms with Crippen LogP contribution >= 0.6 is 27.7 Å². The van der Waals surface area contributed by atoms with Gasteiger partial charge in [-0.3, -0.25) is 4.79 Å². The zero-order valence-corrected chi connectivity index (χ0v) is 11.4. The highest BCUT2D eigenvalue weighted by molar-refractivity contribution is 9.10. The highest BCUT2D eigenvalue weighted by atomic mass is 79.9. The first-order valence-corrected chi connectivity index (χ1v) is 6.64. The molecule has 0 bridgehead atoms. The van der Waals surface area contributed by atoms with Gasteiger partial charge in [-0.2, -0.15) is 0 Å². The number of hydrogen-bond donors (Lipinski definition) is 1. The Morgan fingerprint density at radius 2 is 2.06 bits per heavy atom. The molecular formula is C11H14BrNO2S. The van der Waals surface area contributed by atoms with Gasteiger partial charge in [0.1, 0.15) is 0 Å². The number of amides is 1. The number of thioether (sulfide) groups is 1. The summed E-state index contributed by atoms with van der Waals surface area (Å²) < 4.78 is 1.03. The van der Waals surface area contributed by atoms with Gasteiger partial charge in [-0.15, -0.1) is 11.8 Å². The standard InChI is InChI=1S/C11H14BrNO2S/c1-13(6-7-14)11(15)8-16-10-4-2-9(12)3-5-10/h2-5,14H,6-8H2,1H3. The van der Waals surface area contributed by atoms with Crippen molar-refractivity contribution in [3.05, 3.63) is 28.7 Å². The SMILES string of the molecule is CN(CCO)C(=O)CSc1ccc(Br)cc1. The topological polar surface area (TPSA) is 40.5 Å². The lowest BCUT2D eigenvalue weighted by atomic mass is 10.4. The van der Waals surface area contributed by atoms with Crippen molar-refractivity contribution in [2.75, 3.05) is 26.0 Å². The number of nitrogens with zero attached hydrogens (tertiary/aromatic N) is 1. The van der Waals surface area contributed by atoms with E-state index in [9.17, 15) is 4.79 Å². The van der Waals surface area contributed by atoms with Crippen molar-refractivity contribution in [3.8, 4) is 0 Å². The number of aliphatic hydroxyl groups is 1. The Labute approximate surface area is 108 Å². The second kappa shape index (κ2) is 6.93. The van der Waals surface area contributed by atoms with Crippen molar-refractivity contribution in [3.63, 3.8) is 0 Å². The van der Waals surface area contributed by atoms with Gasteiger partial charge in [0.25, 0.3) is 0 Å². The number of rotatable bonds is 5. The molecule has 1 rings (SSSR count). The van der Waals surface area contributed by atoms with Crippen LogP contribution in [0.4, 0.5) is 0 Å². The fourth-order valence-corrected chi connectivity index (χ4v) is 2.16. The van der Waals surface area contributed by atoms with E-state index >= 15 is 0 Å². The minimum atomic E-state index is 0.00515. The van der Waals surface area contributed by atoms with Gasteiger partial charge in [0.05, 0.1) is 12.4 Å². The van der Waals surface area contributed by atoms with Crippen LogP contribution in [-0.2, 0) is 4.79 Å². The monoisotopic (exact) mass is 303 g/mol. The molecule has 0 fully saturated rings. The number of benzene rings is 1. The second-order valence-corrected chi connectivity index (χ2v) is 5.25. The number of halogens is 1. The molecule has 1 N–H and O–H groups in total. The quantitative estimate of drug-likeness (QED) is 0.846. The molecule has 0 aromatic heterocycles. The van der Waals surface area contributed by atoms with Crippen LogP contribution in [0.5, 0.6) is 0 Å². The van der Waals surface area contributed by atoms with Gasteiger partial charge < -0.3 is 10.0 Å². The summed E-state index contributed by atoms with van der Waals surface area (Å²) in [6, 6.07) is 7.83. The fraction of sp³-hybridized carbons (Fsp3) is 0.364. The van der Waals surface area contributed by atoms with Crippen LogP contribution in [0.2, 0.25) is 0 Å². The normalized spacial score (nSPS) is 10.2. The van der Waals surface area contributed by atoms with E-state index in [0.717, 1.165) is 9.37 Å². The van der Waals surface area contributed by atoms with Crippen LogP contribution in [0.1, 0.15) is 0 Å². The van der Waals surface area contributed by atoms with Gasteiger partial charge in [-0.25, -0.2) is 0 Å². The van der Waals surface area contributed by atoms with Crippen molar-refractivity contribution < 1.29 is 9.90 Å². The minimum Gasteiger partial charge on any atom is -0.395 e. The average Bonchev–Trinajstić information content (AvgIpc) is 2.28. The van der Waals surface area contributed by atoms with Crippen LogP contribution in [0.15, 0.2) is 33.6 Å². The second-order valence-electron chi connectivity index (χ2n) is 3.28. The largest absolute Gasteiger partial charge is 0.395 e. The first kappa shape index (κ1) is 13.5. The Kier molecular flexibility index (Phi) is 5.87. The van der Waals surface area contributed by atoms with E-state index in [1.165, 1.54) is 16.7 Å².